The van der Waals surface area contributed by atoms with E-state index in [1.165, 1.54) is 11.3 Å². The fraction of sp³-hybridized carbons (Fsp3) is 0.368. The van der Waals surface area contributed by atoms with E-state index in [-0.39, 0.29) is 17.9 Å². The molecule has 1 aliphatic rings. The molecule has 2 aromatic rings. The first-order valence-corrected chi connectivity index (χ1v) is 9.47. The molecule has 3 N–H and O–H groups in total. The van der Waals surface area contributed by atoms with Crippen molar-refractivity contribution in [3.63, 3.8) is 0 Å². The molecule has 2 atom stereocenters. The number of piperidine rings is 1. The Morgan fingerprint density at radius 1 is 1.20 bits per heavy atom. The van der Waals surface area contributed by atoms with E-state index in [1.807, 2.05) is 47.8 Å². The lowest BCUT2D eigenvalue weighted by molar-refractivity contribution is -0.126. The molecule has 6 heteroatoms. The topological polar surface area (TPSA) is 75.4 Å². The van der Waals surface area contributed by atoms with Crippen molar-refractivity contribution in [3.8, 4) is 0 Å². The third kappa shape index (κ3) is 4.27. The van der Waals surface area contributed by atoms with Crippen molar-refractivity contribution in [2.75, 3.05) is 13.1 Å². The van der Waals surface area contributed by atoms with Crippen LogP contribution in [-0.2, 0) is 4.79 Å². The van der Waals surface area contributed by atoms with Gasteiger partial charge in [0.25, 0.3) is 5.91 Å². The number of thiophene rings is 1. The van der Waals surface area contributed by atoms with Crippen LogP contribution in [0, 0.1) is 0 Å². The Morgan fingerprint density at radius 3 is 2.72 bits per heavy atom. The van der Waals surface area contributed by atoms with Crippen molar-refractivity contribution in [2.45, 2.75) is 31.3 Å². The molecule has 0 aliphatic carbocycles. The highest BCUT2D eigenvalue weighted by atomic mass is 32.1. The summed E-state index contributed by atoms with van der Waals surface area (Å²) in [4.78, 5) is 27.7. The van der Waals surface area contributed by atoms with E-state index in [9.17, 15) is 9.59 Å². The molecule has 0 spiro atoms. The summed E-state index contributed by atoms with van der Waals surface area (Å²) >= 11 is 1.41. The fourth-order valence-corrected chi connectivity index (χ4v) is 3.81. The van der Waals surface area contributed by atoms with Gasteiger partial charge >= 0.3 is 0 Å². The fourth-order valence-electron chi connectivity index (χ4n) is 3.14. The molecule has 132 valence electrons. The second-order valence-electron chi connectivity index (χ2n) is 6.25. The molecule has 2 amide bonds. The van der Waals surface area contributed by atoms with Gasteiger partial charge in [0.1, 0.15) is 6.04 Å². The molecule has 0 radical (unpaired) electrons. The van der Waals surface area contributed by atoms with Gasteiger partial charge in [-0.15, -0.1) is 11.3 Å². The zero-order valence-electron chi connectivity index (χ0n) is 14.1. The summed E-state index contributed by atoms with van der Waals surface area (Å²) in [5.74, 6) is -0.168. The number of amides is 2. The Hall–Kier alpha value is -2.18. The lowest BCUT2D eigenvalue weighted by Gasteiger charge is -2.34. The van der Waals surface area contributed by atoms with Crippen LogP contribution in [0.4, 0.5) is 0 Å². The summed E-state index contributed by atoms with van der Waals surface area (Å²) in [6, 6.07) is 12.7. The van der Waals surface area contributed by atoms with Crippen molar-refractivity contribution in [1.82, 2.24) is 10.2 Å². The molecule has 3 rings (SSSR count). The number of likely N-dealkylation sites (tertiary alicyclic amines) is 1. The number of benzene rings is 1. The van der Waals surface area contributed by atoms with Gasteiger partial charge in [-0.25, -0.2) is 0 Å². The number of carbonyl (C=O) groups excluding carboxylic acids is 2. The van der Waals surface area contributed by atoms with Gasteiger partial charge in [0, 0.05) is 19.1 Å². The summed E-state index contributed by atoms with van der Waals surface area (Å²) < 4.78 is 0. The number of nitrogens with one attached hydrogen (secondary N) is 1. The molecule has 1 aromatic carbocycles. The molecule has 1 saturated heterocycles. The summed E-state index contributed by atoms with van der Waals surface area (Å²) in [7, 11) is 0. The molecule has 2 heterocycles. The molecule has 25 heavy (non-hydrogen) atoms. The number of nitrogens with zero attached hydrogens (tertiary/aromatic N) is 1. The smallest absolute Gasteiger partial charge is 0.264 e. The van der Waals surface area contributed by atoms with Crippen LogP contribution in [0.2, 0.25) is 0 Å². The zero-order chi connectivity index (χ0) is 17.6. The standard InChI is InChI=1S/C19H23N3O2S/c20-15(14-7-2-1-3-8-14)13-21-18(23)16-9-4-5-11-22(16)19(24)17-10-6-12-25-17/h1-3,6-8,10,12,15-16H,4-5,9,11,13,20H2,(H,21,23). The number of nitrogens with two attached hydrogens (primary N) is 1. The summed E-state index contributed by atoms with van der Waals surface area (Å²) in [5, 5.41) is 4.81. The van der Waals surface area contributed by atoms with Crippen molar-refractivity contribution in [3.05, 3.63) is 58.3 Å². The minimum atomic E-state index is -0.411. The van der Waals surface area contributed by atoms with Crippen LogP contribution in [0.5, 0.6) is 0 Å². The largest absolute Gasteiger partial charge is 0.352 e. The maximum Gasteiger partial charge on any atom is 0.264 e. The maximum absolute atomic E-state index is 12.7. The van der Waals surface area contributed by atoms with Crippen LogP contribution in [0.1, 0.15) is 40.5 Å². The van der Waals surface area contributed by atoms with Crippen molar-refractivity contribution in [1.29, 1.82) is 0 Å². The van der Waals surface area contributed by atoms with Gasteiger partial charge in [0.15, 0.2) is 0 Å². The minimum Gasteiger partial charge on any atom is -0.352 e. The highest BCUT2D eigenvalue weighted by Gasteiger charge is 2.33. The van der Waals surface area contributed by atoms with Gasteiger partial charge in [0.05, 0.1) is 4.88 Å². The van der Waals surface area contributed by atoms with Gasteiger partial charge in [-0.05, 0) is 36.3 Å². The molecular formula is C19H23N3O2S. The van der Waals surface area contributed by atoms with Gasteiger partial charge in [0.2, 0.25) is 5.91 Å². The van der Waals surface area contributed by atoms with Crippen LogP contribution >= 0.6 is 11.3 Å². The number of hydrogen-bond donors (Lipinski definition) is 2. The summed E-state index contributed by atoms with van der Waals surface area (Å²) in [6.07, 6.45) is 2.59. The van der Waals surface area contributed by atoms with Crippen LogP contribution in [0.15, 0.2) is 47.8 Å². The Kier molecular flexibility index (Phi) is 5.83. The van der Waals surface area contributed by atoms with Crippen molar-refractivity contribution < 1.29 is 9.59 Å². The lowest BCUT2D eigenvalue weighted by atomic mass is 10.0. The average Bonchev–Trinajstić information content (AvgIpc) is 3.20. The average molecular weight is 357 g/mol. The molecule has 0 saturated carbocycles. The van der Waals surface area contributed by atoms with E-state index < -0.39 is 6.04 Å². The van der Waals surface area contributed by atoms with Gasteiger partial charge in [-0.3, -0.25) is 9.59 Å². The molecule has 1 aromatic heterocycles. The molecule has 5 nitrogen and oxygen atoms in total. The Balaban J connectivity index is 1.62. The van der Waals surface area contributed by atoms with E-state index in [1.54, 1.807) is 4.90 Å². The monoisotopic (exact) mass is 357 g/mol. The second-order valence-corrected chi connectivity index (χ2v) is 7.20. The Bertz CT molecular complexity index is 703. The third-order valence-electron chi connectivity index (χ3n) is 4.52. The van der Waals surface area contributed by atoms with Crippen LogP contribution in [0.25, 0.3) is 0 Å². The van der Waals surface area contributed by atoms with Crippen LogP contribution in [0.3, 0.4) is 0 Å². The predicted molar refractivity (Wildman–Crippen MR) is 99.4 cm³/mol. The van der Waals surface area contributed by atoms with E-state index in [0.717, 1.165) is 18.4 Å². The second kappa shape index (κ2) is 8.27. The van der Waals surface area contributed by atoms with E-state index in [4.69, 9.17) is 5.73 Å². The molecular weight excluding hydrogens is 334 g/mol. The molecule has 2 unspecified atom stereocenters. The van der Waals surface area contributed by atoms with Gasteiger partial charge < -0.3 is 16.0 Å². The number of hydrogen-bond acceptors (Lipinski definition) is 4. The normalized spacial score (nSPS) is 18.6. The minimum absolute atomic E-state index is 0.0535. The molecule has 0 bridgehead atoms. The molecule has 1 aliphatic heterocycles. The first kappa shape index (κ1) is 17.6. The maximum atomic E-state index is 12.7. The van der Waals surface area contributed by atoms with Crippen LogP contribution < -0.4 is 11.1 Å². The first-order chi connectivity index (χ1) is 12.2. The zero-order valence-corrected chi connectivity index (χ0v) is 14.9. The first-order valence-electron chi connectivity index (χ1n) is 8.59. The lowest BCUT2D eigenvalue weighted by Crippen LogP contribution is -2.52. The number of carbonyl (C=O) groups is 2. The summed E-state index contributed by atoms with van der Waals surface area (Å²) in [5.41, 5.74) is 7.14. The van der Waals surface area contributed by atoms with Crippen molar-refractivity contribution in [2.24, 2.45) is 5.73 Å². The van der Waals surface area contributed by atoms with E-state index >= 15 is 0 Å². The highest BCUT2D eigenvalue weighted by molar-refractivity contribution is 7.12. The van der Waals surface area contributed by atoms with Crippen molar-refractivity contribution >= 4 is 23.2 Å². The van der Waals surface area contributed by atoms with E-state index in [0.29, 0.717) is 24.4 Å². The third-order valence-corrected chi connectivity index (χ3v) is 5.38. The number of rotatable bonds is 5. The SMILES string of the molecule is NC(CNC(=O)C1CCCCN1C(=O)c1cccs1)c1ccccc1. The summed E-state index contributed by atoms with van der Waals surface area (Å²) in [6.45, 7) is 0.986. The van der Waals surface area contributed by atoms with Gasteiger partial charge in [-0.2, -0.15) is 0 Å². The molecule has 1 fully saturated rings. The Labute approximate surface area is 151 Å². The Morgan fingerprint density at radius 2 is 2.00 bits per heavy atom. The quantitative estimate of drug-likeness (QED) is 0.863. The predicted octanol–water partition coefficient (Wildman–Crippen LogP) is 2.56. The van der Waals surface area contributed by atoms with Crippen LogP contribution in [-0.4, -0.2) is 35.8 Å². The van der Waals surface area contributed by atoms with Gasteiger partial charge in [-0.1, -0.05) is 36.4 Å². The highest BCUT2D eigenvalue weighted by Crippen LogP contribution is 2.22. The van der Waals surface area contributed by atoms with E-state index in [2.05, 4.69) is 5.32 Å².